The van der Waals surface area contributed by atoms with Crippen LogP contribution in [-0.2, 0) is 91.7 Å². The smallest absolute Gasteiger partial charge is 0.247 e. The molecule has 0 saturated carbocycles. The minimum atomic E-state index is -0.725. The Labute approximate surface area is 706 Å². The van der Waals surface area contributed by atoms with E-state index in [0.29, 0.717) is 144 Å². The maximum Gasteiger partial charge on any atom is 0.247 e. The monoisotopic (exact) mass is 1710 g/mol. The van der Waals surface area contributed by atoms with Gasteiger partial charge in [-0.1, -0.05) is 19.7 Å². The molecular formula is C86H92F6N20O12. The van der Waals surface area contributed by atoms with E-state index in [2.05, 4.69) is 107 Å². The van der Waals surface area contributed by atoms with Gasteiger partial charge in [0, 0.05) is 108 Å². The van der Waals surface area contributed by atoms with E-state index in [0.717, 1.165) is 75.3 Å². The van der Waals surface area contributed by atoms with Crippen molar-refractivity contribution in [1.29, 1.82) is 0 Å². The maximum atomic E-state index is 15.0. The predicted molar refractivity (Wildman–Crippen MR) is 446 cm³/mol. The third-order valence-electron chi connectivity index (χ3n) is 22.5. The molecule has 9 N–H and O–H groups in total. The van der Waals surface area contributed by atoms with Crippen molar-refractivity contribution in [3.05, 3.63) is 201 Å². The van der Waals surface area contributed by atoms with Crippen molar-refractivity contribution in [3.63, 3.8) is 0 Å². The van der Waals surface area contributed by atoms with Crippen molar-refractivity contribution in [2.24, 2.45) is 21.1 Å². The van der Waals surface area contributed by atoms with Crippen LogP contribution in [0.3, 0.4) is 0 Å². The van der Waals surface area contributed by atoms with Crippen molar-refractivity contribution in [1.82, 2.24) is 80.3 Å². The summed E-state index contributed by atoms with van der Waals surface area (Å²) in [5.41, 5.74) is 15.9. The van der Waals surface area contributed by atoms with Crippen LogP contribution in [0.1, 0.15) is 124 Å². The fourth-order valence-electron chi connectivity index (χ4n) is 16.4. The highest BCUT2D eigenvalue weighted by molar-refractivity contribution is 6.03. The minimum Gasteiger partial charge on any atom is -0.497 e. The van der Waals surface area contributed by atoms with Crippen LogP contribution in [0.5, 0.6) is 46.0 Å². The summed E-state index contributed by atoms with van der Waals surface area (Å²) in [5, 5.41) is 60.5. The first-order valence-electron chi connectivity index (χ1n) is 39.2. The summed E-state index contributed by atoms with van der Waals surface area (Å²) >= 11 is 0. The Morgan fingerprint density at radius 1 is 0.387 bits per heavy atom. The summed E-state index contributed by atoms with van der Waals surface area (Å²) in [6, 6.07) is 8.96. The van der Waals surface area contributed by atoms with Crippen LogP contribution >= 0.6 is 0 Å². The second-order valence-corrected chi connectivity index (χ2v) is 29.5. The number of aromatic nitrogens is 16. The van der Waals surface area contributed by atoms with E-state index >= 15 is 0 Å². The van der Waals surface area contributed by atoms with Gasteiger partial charge in [-0.3, -0.25) is 58.7 Å². The number of fused-ring (bicyclic) bond motifs is 4. The molecular weight excluding hydrogens is 1620 g/mol. The Bertz CT molecular complexity index is 5810. The third kappa shape index (κ3) is 17.5. The average Bonchev–Trinajstić information content (AvgIpc) is 1.52. The molecule has 0 bridgehead atoms. The van der Waals surface area contributed by atoms with Crippen LogP contribution in [-0.4, -0.2) is 161 Å². The minimum absolute atomic E-state index is 0.0440. The van der Waals surface area contributed by atoms with Gasteiger partial charge in [0.25, 0.3) is 0 Å². The van der Waals surface area contributed by atoms with Crippen LogP contribution < -0.4 is 59.2 Å². The second-order valence-electron chi connectivity index (χ2n) is 29.5. The first kappa shape index (κ1) is 87.5. The lowest BCUT2D eigenvalue weighted by molar-refractivity contribution is -0.114. The van der Waals surface area contributed by atoms with E-state index in [9.17, 15) is 45.5 Å². The van der Waals surface area contributed by atoms with Crippen LogP contribution in [0.4, 0.5) is 49.1 Å². The lowest BCUT2D eigenvalue weighted by Crippen LogP contribution is -2.16. The number of methoxy groups -OCH3 is 8. The van der Waals surface area contributed by atoms with Gasteiger partial charge < -0.3 is 59.2 Å². The summed E-state index contributed by atoms with van der Waals surface area (Å²) in [5.74, 6) is -4.54. The Hall–Kier alpha value is -14.4. The van der Waals surface area contributed by atoms with E-state index in [1.165, 1.54) is 80.1 Å². The molecule has 0 radical (unpaired) electrons. The van der Waals surface area contributed by atoms with E-state index in [1.807, 2.05) is 0 Å². The SMILES string of the molecule is C=CC(=O)Nc1cn[nH]c1-c1n[nH]c2c1CCC(c1c(F)c(OC)cc(OC)c1F)C2.C=CC(=O)Nc1cnn(C)c1-c1n[nH]c2c1CCC(c1cc(OC)cc(OC)c1F)C2.C=CC(=O)Nc1cnn(C)c1-c1n[nH]c2c1CCC(c1cc(OC)cc(OC)c1F)C2.COc1cc(OC)c(F)c(C2CCc3c(-c4c(NC(C)=O)cnn4C)n[nH]c3C2)c1F. The van der Waals surface area contributed by atoms with Crippen LogP contribution in [0, 0.1) is 34.9 Å². The molecule has 12 aromatic rings. The van der Waals surface area contributed by atoms with Crippen molar-refractivity contribution < 1.29 is 83.4 Å². The van der Waals surface area contributed by atoms with Crippen molar-refractivity contribution in [2.75, 3.05) is 78.1 Å². The maximum absolute atomic E-state index is 15.0. The normalized spacial score (nSPS) is 15.3. The number of H-pyrrole nitrogens is 5. The van der Waals surface area contributed by atoms with Crippen LogP contribution in [0.25, 0.3) is 45.6 Å². The zero-order valence-corrected chi connectivity index (χ0v) is 70.0. The molecule has 650 valence electrons. The summed E-state index contributed by atoms with van der Waals surface area (Å²) in [6.45, 7) is 11.8. The highest BCUT2D eigenvalue weighted by Crippen LogP contribution is 2.48. The fraction of sp³-hybridized carbons (Fsp3) is 0.326. The Balaban J connectivity index is 0.000000142. The number of hydrogen-bond donors (Lipinski definition) is 9. The van der Waals surface area contributed by atoms with Gasteiger partial charge in [0.05, 0.1) is 104 Å². The quantitative estimate of drug-likeness (QED) is 0.0212. The van der Waals surface area contributed by atoms with E-state index in [4.69, 9.17) is 37.9 Å². The summed E-state index contributed by atoms with van der Waals surface area (Å²) in [7, 11) is 16.7. The summed E-state index contributed by atoms with van der Waals surface area (Å²) in [6.07, 6.45) is 16.7. The lowest BCUT2D eigenvalue weighted by atomic mass is 9.81. The number of nitrogens with zero attached hydrogens (tertiary/aromatic N) is 11. The van der Waals surface area contributed by atoms with Gasteiger partial charge in [0.15, 0.2) is 69.4 Å². The average molecular weight is 1710 g/mol. The zero-order valence-electron chi connectivity index (χ0n) is 70.0. The highest BCUT2D eigenvalue weighted by Gasteiger charge is 2.38. The summed E-state index contributed by atoms with van der Waals surface area (Å²) in [4.78, 5) is 46.8. The number of anilines is 4. The van der Waals surface area contributed by atoms with Crippen LogP contribution in [0.15, 0.2) is 99.2 Å². The van der Waals surface area contributed by atoms with Gasteiger partial charge in [-0.2, -0.15) is 40.8 Å². The number of hydrogen-bond acceptors (Lipinski definition) is 20. The molecule has 124 heavy (non-hydrogen) atoms. The number of carbonyl (C=O) groups excluding carboxylic acids is 4. The van der Waals surface area contributed by atoms with Crippen LogP contribution in [0.2, 0.25) is 0 Å². The Morgan fingerprint density at radius 2 is 0.685 bits per heavy atom. The molecule has 4 aromatic carbocycles. The topological polar surface area (TPSA) is 387 Å². The summed E-state index contributed by atoms with van der Waals surface area (Å²) < 4.78 is 136. The largest absolute Gasteiger partial charge is 0.497 e. The van der Waals surface area contributed by atoms with Gasteiger partial charge in [-0.05, 0) is 142 Å². The first-order chi connectivity index (χ1) is 59.7. The fourth-order valence-corrected chi connectivity index (χ4v) is 16.4. The number of rotatable bonds is 23. The molecule has 4 atom stereocenters. The lowest BCUT2D eigenvalue weighted by Gasteiger charge is -2.25. The standard InChI is InChI=1S/2C22H24FN5O3.C21H23F2N5O3.C21H21F2N5O3/c2*1-5-19(29)25-17-11-24-28(2)22(17)21-14-7-6-12(8-16(14)26-27-21)15-9-13(30-3)10-18(31-4)20(15)23;1-10(29)25-14-9-24-28(2)21(14)20-12-6-5-11(7-13(12)26-27-20)17-18(22)15(30-3)8-16(31-4)19(17)23;1-4-16(29)25-13-9-24-27-21(13)20-11-6-5-10(7-12(11)26-28-20)17-18(22)14(30-2)8-15(31-3)19(17)23/h2*5,9-12H,1,6-8H2,2-4H3,(H,25,29)(H,26,27);8-9,11H,5-7H2,1-4H3,(H,25,29)(H,26,27);4,8-10H,1,5-7H2,2-3H3,(H,24,27)(H,25,29)(H,26,28). The molecule has 4 amide bonds. The highest BCUT2D eigenvalue weighted by atomic mass is 19.2. The number of carbonyl (C=O) groups is 4. The molecule has 16 rings (SSSR count). The molecule has 0 fully saturated rings. The molecule has 4 aliphatic carbocycles. The molecule has 32 nitrogen and oxygen atoms in total. The van der Waals surface area contributed by atoms with Crippen molar-refractivity contribution in [2.45, 2.75) is 108 Å². The third-order valence-corrected chi connectivity index (χ3v) is 22.5. The second kappa shape index (κ2) is 37.7. The van der Waals surface area contributed by atoms with Gasteiger partial charge in [0.1, 0.15) is 57.1 Å². The number of aryl methyl sites for hydroxylation is 3. The molecule has 0 aliphatic heterocycles. The van der Waals surface area contributed by atoms with E-state index < -0.39 is 35.1 Å². The number of amides is 4. The Kier molecular flexibility index (Phi) is 26.6. The van der Waals surface area contributed by atoms with Gasteiger partial charge in [0.2, 0.25) is 23.6 Å². The molecule has 0 saturated heterocycles. The van der Waals surface area contributed by atoms with Gasteiger partial charge in [-0.15, -0.1) is 0 Å². The molecule has 0 spiro atoms. The Morgan fingerprint density at radius 3 is 1.01 bits per heavy atom. The molecule has 8 aromatic heterocycles. The molecule has 4 unspecified atom stereocenters. The van der Waals surface area contributed by atoms with E-state index in [-0.39, 0.29) is 92.7 Å². The number of nitrogens with one attached hydrogen (secondary N) is 9. The van der Waals surface area contributed by atoms with E-state index in [1.54, 1.807) is 92.3 Å². The molecule has 4 aliphatic rings. The molecule has 8 heterocycles. The van der Waals surface area contributed by atoms with Gasteiger partial charge in [-0.25, -0.2) is 26.3 Å². The van der Waals surface area contributed by atoms with Crippen molar-refractivity contribution >= 4 is 46.4 Å². The van der Waals surface area contributed by atoms with Gasteiger partial charge >= 0.3 is 0 Å². The number of ether oxygens (including phenoxy) is 8. The number of benzene rings is 4. The first-order valence-corrected chi connectivity index (χ1v) is 39.2. The number of aromatic amines is 5. The molecule has 38 heteroatoms. The number of halogens is 6. The zero-order chi connectivity index (χ0) is 88.6. The van der Waals surface area contributed by atoms with Crippen molar-refractivity contribution in [3.8, 4) is 91.5 Å². The predicted octanol–water partition coefficient (Wildman–Crippen LogP) is 13.6.